The third kappa shape index (κ3) is 3.20. The summed E-state index contributed by atoms with van der Waals surface area (Å²) in [5, 5.41) is 10.6. The number of nitrogens with zero attached hydrogens (tertiary/aromatic N) is 1. The van der Waals surface area contributed by atoms with Gasteiger partial charge in [-0.1, -0.05) is 23.7 Å². The highest BCUT2D eigenvalue weighted by Crippen LogP contribution is 2.47. The quantitative estimate of drug-likeness (QED) is 0.643. The fraction of sp³-hybridized carbons (Fsp3) is 0.381. The zero-order valence-corrected chi connectivity index (χ0v) is 16.3. The Hall–Kier alpha value is -2.08. The molecule has 0 aliphatic carbocycles. The van der Waals surface area contributed by atoms with Crippen LogP contribution in [0.5, 0.6) is 11.5 Å². The number of carbonyl (C=O) groups excluding carboxylic acids is 1. The monoisotopic (exact) mass is 388 g/mol. The third-order valence-electron chi connectivity index (χ3n) is 5.71. The van der Waals surface area contributed by atoms with Crippen molar-refractivity contribution in [1.82, 2.24) is 0 Å². The van der Waals surface area contributed by atoms with E-state index in [2.05, 4.69) is 14.1 Å². The zero-order chi connectivity index (χ0) is 19.2. The summed E-state index contributed by atoms with van der Waals surface area (Å²) in [5.41, 5.74) is 3.51. The largest absolute Gasteiger partial charge is 0.454 e. The highest BCUT2D eigenvalue weighted by atomic mass is 35.5. The van der Waals surface area contributed by atoms with E-state index in [1.165, 1.54) is 0 Å². The van der Waals surface area contributed by atoms with Gasteiger partial charge in [-0.05, 0) is 23.8 Å². The van der Waals surface area contributed by atoms with Crippen molar-refractivity contribution in [2.75, 3.05) is 27.4 Å². The fourth-order valence-corrected chi connectivity index (χ4v) is 4.37. The normalized spacial score (nSPS) is 19.6. The number of aliphatic hydroxyl groups is 1. The Bertz CT molecular complexity index is 909. The predicted octanol–water partition coefficient (Wildman–Crippen LogP) is 3.51. The number of hydrogen-bond donors (Lipinski definition) is 1. The van der Waals surface area contributed by atoms with Crippen LogP contribution >= 0.6 is 11.6 Å². The van der Waals surface area contributed by atoms with Crippen LogP contribution in [0.4, 0.5) is 0 Å². The van der Waals surface area contributed by atoms with Gasteiger partial charge >= 0.3 is 0 Å². The van der Waals surface area contributed by atoms with Crippen molar-refractivity contribution in [3.63, 3.8) is 0 Å². The number of halogens is 1. The number of fused-ring (bicyclic) bond motifs is 2. The lowest BCUT2D eigenvalue weighted by atomic mass is 9.83. The topological polar surface area (TPSA) is 55.8 Å². The number of rotatable bonds is 4. The summed E-state index contributed by atoms with van der Waals surface area (Å²) in [6.45, 7) is 0.928. The summed E-state index contributed by atoms with van der Waals surface area (Å²) in [6, 6.07) is 9.00. The molecule has 0 saturated carbocycles. The van der Waals surface area contributed by atoms with Gasteiger partial charge in [-0.2, -0.15) is 0 Å². The number of quaternary nitrogens is 1. The molecule has 0 amide bonds. The molecule has 1 atom stereocenters. The Labute approximate surface area is 163 Å². The van der Waals surface area contributed by atoms with Crippen LogP contribution < -0.4 is 9.47 Å². The number of carbonyl (C=O) groups is 1. The summed E-state index contributed by atoms with van der Waals surface area (Å²) < 4.78 is 11.8. The molecular formula is C21H23ClNO4+. The molecule has 4 rings (SSSR count). The number of Topliss-reactive ketones (excluding diaryl/α,β-unsaturated/α-hetero) is 1. The lowest BCUT2D eigenvalue weighted by Crippen LogP contribution is -2.49. The minimum atomic E-state index is -0.142. The van der Waals surface area contributed by atoms with Crippen molar-refractivity contribution in [2.45, 2.75) is 25.5 Å². The maximum Gasteiger partial charge on any atom is 0.231 e. The Kier molecular flexibility index (Phi) is 4.62. The minimum Gasteiger partial charge on any atom is -0.454 e. The maximum absolute atomic E-state index is 13.0. The second-order valence-electron chi connectivity index (χ2n) is 7.73. The van der Waals surface area contributed by atoms with Crippen molar-refractivity contribution in [2.24, 2.45) is 0 Å². The molecule has 1 N–H and O–H groups in total. The third-order valence-corrected chi connectivity index (χ3v) is 5.94. The first-order chi connectivity index (χ1) is 12.9. The van der Waals surface area contributed by atoms with Gasteiger partial charge in [-0.25, -0.2) is 0 Å². The van der Waals surface area contributed by atoms with Crippen LogP contribution in [0.1, 0.15) is 39.5 Å². The van der Waals surface area contributed by atoms with Gasteiger partial charge in [-0.15, -0.1) is 0 Å². The van der Waals surface area contributed by atoms with Gasteiger partial charge in [0.2, 0.25) is 6.79 Å². The highest BCUT2D eigenvalue weighted by Gasteiger charge is 2.41. The van der Waals surface area contributed by atoms with Crippen LogP contribution in [0.2, 0.25) is 5.02 Å². The van der Waals surface area contributed by atoms with E-state index < -0.39 is 0 Å². The van der Waals surface area contributed by atoms with Gasteiger partial charge in [0.05, 0.1) is 33.7 Å². The van der Waals surface area contributed by atoms with E-state index in [4.69, 9.17) is 21.1 Å². The summed E-state index contributed by atoms with van der Waals surface area (Å²) in [7, 11) is 4.26. The van der Waals surface area contributed by atoms with Crippen LogP contribution in [0.3, 0.4) is 0 Å². The minimum absolute atomic E-state index is 0.0445. The smallest absolute Gasteiger partial charge is 0.231 e. The summed E-state index contributed by atoms with van der Waals surface area (Å²) >= 11 is 6.06. The van der Waals surface area contributed by atoms with Gasteiger partial charge in [-0.3, -0.25) is 4.79 Å². The van der Waals surface area contributed by atoms with Crippen molar-refractivity contribution < 1.29 is 23.9 Å². The van der Waals surface area contributed by atoms with Gasteiger partial charge in [0, 0.05) is 28.1 Å². The van der Waals surface area contributed by atoms with Gasteiger partial charge in [0.25, 0.3) is 0 Å². The van der Waals surface area contributed by atoms with Crippen LogP contribution in [-0.4, -0.2) is 42.8 Å². The second kappa shape index (κ2) is 6.82. The summed E-state index contributed by atoms with van der Waals surface area (Å²) in [5.74, 6) is 1.34. The van der Waals surface area contributed by atoms with Crippen LogP contribution in [-0.2, 0) is 13.0 Å². The molecule has 2 aromatic carbocycles. The van der Waals surface area contributed by atoms with Gasteiger partial charge in [0.1, 0.15) is 6.04 Å². The van der Waals surface area contributed by atoms with E-state index in [1.807, 2.05) is 6.07 Å². The Morgan fingerprint density at radius 3 is 2.85 bits per heavy atom. The number of hydrogen-bond acceptors (Lipinski definition) is 4. The van der Waals surface area contributed by atoms with Crippen LogP contribution in [0, 0.1) is 0 Å². The average Bonchev–Trinajstić information content (AvgIpc) is 3.10. The van der Waals surface area contributed by atoms with E-state index in [0.29, 0.717) is 33.0 Å². The Morgan fingerprint density at radius 1 is 1.30 bits per heavy atom. The van der Waals surface area contributed by atoms with Crippen LogP contribution in [0.25, 0.3) is 0 Å². The van der Waals surface area contributed by atoms with E-state index in [1.54, 1.807) is 24.3 Å². The van der Waals surface area contributed by atoms with Crippen molar-refractivity contribution in [3.05, 3.63) is 57.6 Å². The second-order valence-corrected chi connectivity index (χ2v) is 8.16. The molecule has 5 nitrogen and oxygen atoms in total. The molecule has 2 aliphatic heterocycles. The molecule has 0 aromatic heterocycles. The van der Waals surface area contributed by atoms with Gasteiger partial charge < -0.3 is 19.1 Å². The molecule has 0 bridgehead atoms. The van der Waals surface area contributed by atoms with Crippen molar-refractivity contribution in [1.29, 1.82) is 0 Å². The molecule has 2 heterocycles. The number of ether oxygens (including phenoxy) is 2. The maximum atomic E-state index is 13.0. The standard InChI is InChI=1S/C21H23ClNO4/c1-23(2)7-6-14-9-19-21(27-12-26-19)16(11-24)20(14)17(23)10-18(25)13-4-3-5-15(22)8-13/h3-5,8-9,17,24H,6-7,10-12H2,1-2H3/q+1. The Balaban J connectivity index is 1.77. The van der Waals surface area contributed by atoms with Gasteiger partial charge in [0.15, 0.2) is 17.3 Å². The molecule has 2 aromatic rings. The SMILES string of the molecule is C[N+]1(C)CCc2cc3c(c(CO)c2C1CC(=O)c1cccc(Cl)c1)OCO3. The highest BCUT2D eigenvalue weighted by molar-refractivity contribution is 6.31. The molecule has 0 radical (unpaired) electrons. The molecule has 142 valence electrons. The average molecular weight is 389 g/mol. The fourth-order valence-electron chi connectivity index (χ4n) is 4.18. The first-order valence-corrected chi connectivity index (χ1v) is 9.45. The Morgan fingerprint density at radius 2 is 2.11 bits per heavy atom. The molecular weight excluding hydrogens is 366 g/mol. The summed E-state index contributed by atoms with van der Waals surface area (Å²) in [4.78, 5) is 13.0. The molecule has 1 unspecified atom stereocenters. The van der Waals surface area contributed by atoms with E-state index >= 15 is 0 Å². The summed E-state index contributed by atoms with van der Waals surface area (Å²) in [6.07, 6.45) is 1.21. The van der Waals surface area contributed by atoms with E-state index in [0.717, 1.165) is 29.7 Å². The first kappa shape index (κ1) is 18.3. The molecule has 2 aliphatic rings. The zero-order valence-electron chi connectivity index (χ0n) is 15.5. The number of benzene rings is 2. The predicted molar refractivity (Wildman–Crippen MR) is 102 cm³/mol. The molecule has 0 spiro atoms. The lowest BCUT2D eigenvalue weighted by Gasteiger charge is -2.43. The van der Waals surface area contributed by atoms with E-state index in [-0.39, 0.29) is 25.2 Å². The van der Waals surface area contributed by atoms with E-state index in [9.17, 15) is 9.90 Å². The molecule has 0 saturated heterocycles. The lowest BCUT2D eigenvalue weighted by molar-refractivity contribution is -0.922. The first-order valence-electron chi connectivity index (χ1n) is 9.07. The molecule has 6 heteroatoms. The molecule has 27 heavy (non-hydrogen) atoms. The number of likely N-dealkylation sites (N-methyl/N-ethyl adjacent to an activating group) is 1. The number of ketones is 1. The molecule has 0 fully saturated rings. The van der Waals surface area contributed by atoms with Crippen LogP contribution in [0.15, 0.2) is 30.3 Å². The number of aliphatic hydroxyl groups excluding tert-OH is 1. The van der Waals surface area contributed by atoms with Crippen molar-refractivity contribution >= 4 is 17.4 Å². The van der Waals surface area contributed by atoms with Crippen molar-refractivity contribution in [3.8, 4) is 11.5 Å².